The number of nitrogens with one attached hydrogen (secondary N) is 2. The quantitative estimate of drug-likeness (QED) is 0.516. The fourth-order valence-corrected chi connectivity index (χ4v) is 4.76. The van der Waals surface area contributed by atoms with Crippen LogP contribution in [0.1, 0.15) is 42.5 Å². The molecule has 0 bridgehead atoms. The van der Waals surface area contributed by atoms with E-state index in [1.165, 1.54) is 4.90 Å². The maximum Gasteiger partial charge on any atom is 0.279 e. The van der Waals surface area contributed by atoms with Crippen molar-refractivity contribution >= 4 is 63.9 Å². The molecule has 2 aliphatic rings. The van der Waals surface area contributed by atoms with Gasteiger partial charge in [0.1, 0.15) is 10.7 Å². The molecule has 0 saturated heterocycles. The normalized spacial score (nSPS) is 17.2. The Morgan fingerprint density at radius 1 is 0.875 bits per heavy atom. The van der Waals surface area contributed by atoms with E-state index in [4.69, 9.17) is 34.8 Å². The lowest BCUT2D eigenvalue weighted by Crippen LogP contribution is -2.42. The van der Waals surface area contributed by atoms with Crippen LogP contribution in [0.3, 0.4) is 0 Å². The summed E-state index contributed by atoms with van der Waals surface area (Å²) in [5.41, 5.74) is 1.28. The number of anilines is 2. The molecule has 1 saturated carbocycles. The molecule has 0 unspecified atom stereocenters. The van der Waals surface area contributed by atoms with Gasteiger partial charge in [-0.3, -0.25) is 19.3 Å². The highest BCUT2D eigenvalue weighted by molar-refractivity contribution is 6.48. The number of halogens is 3. The summed E-state index contributed by atoms with van der Waals surface area (Å²) in [7, 11) is 0. The third-order valence-corrected chi connectivity index (χ3v) is 6.30. The topological polar surface area (TPSA) is 78.5 Å². The molecule has 3 amide bonds. The van der Waals surface area contributed by atoms with Gasteiger partial charge < -0.3 is 10.6 Å². The predicted octanol–water partition coefficient (Wildman–Crippen LogP) is 5.81. The van der Waals surface area contributed by atoms with Crippen LogP contribution in [0.25, 0.3) is 0 Å². The molecular weight excluding hydrogens is 473 g/mol. The van der Waals surface area contributed by atoms with Crippen LogP contribution >= 0.6 is 34.8 Å². The maximum atomic E-state index is 12.9. The molecule has 32 heavy (non-hydrogen) atoms. The Bertz CT molecular complexity index is 1110. The van der Waals surface area contributed by atoms with E-state index in [9.17, 15) is 14.4 Å². The number of carbonyl (C=O) groups excluding carboxylic acids is 3. The van der Waals surface area contributed by atoms with Gasteiger partial charge in [0.2, 0.25) is 0 Å². The van der Waals surface area contributed by atoms with E-state index in [0.717, 1.165) is 32.1 Å². The van der Waals surface area contributed by atoms with Crippen molar-refractivity contribution in [1.29, 1.82) is 0 Å². The molecule has 0 spiro atoms. The summed E-state index contributed by atoms with van der Waals surface area (Å²) in [6.45, 7) is 0. The fourth-order valence-electron chi connectivity index (χ4n) is 4.01. The van der Waals surface area contributed by atoms with Crippen molar-refractivity contribution in [3.8, 4) is 0 Å². The van der Waals surface area contributed by atoms with Crippen LogP contribution in [0, 0.1) is 0 Å². The van der Waals surface area contributed by atoms with Gasteiger partial charge in [0.15, 0.2) is 0 Å². The molecule has 1 aliphatic heterocycles. The van der Waals surface area contributed by atoms with Crippen LogP contribution in [0.4, 0.5) is 11.4 Å². The van der Waals surface area contributed by atoms with E-state index in [1.807, 2.05) is 0 Å². The van der Waals surface area contributed by atoms with E-state index in [1.54, 1.807) is 42.5 Å². The maximum absolute atomic E-state index is 12.9. The molecule has 9 heteroatoms. The SMILES string of the molecule is O=C(Nc1cc(Cl)cc(Cl)c1)c1cccc(NC2=C(Cl)C(=O)N(C3CCCCC3)C2=O)c1. The van der Waals surface area contributed by atoms with Crippen molar-refractivity contribution in [3.05, 3.63) is 68.8 Å². The van der Waals surface area contributed by atoms with Crippen LogP contribution in [0.5, 0.6) is 0 Å². The van der Waals surface area contributed by atoms with Crippen molar-refractivity contribution in [2.24, 2.45) is 0 Å². The van der Waals surface area contributed by atoms with E-state index in [2.05, 4.69) is 10.6 Å². The van der Waals surface area contributed by atoms with Crippen molar-refractivity contribution in [2.75, 3.05) is 10.6 Å². The summed E-state index contributed by atoms with van der Waals surface area (Å²) in [4.78, 5) is 39.5. The van der Waals surface area contributed by atoms with Gasteiger partial charge in [-0.1, -0.05) is 60.1 Å². The Morgan fingerprint density at radius 2 is 1.56 bits per heavy atom. The summed E-state index contributed by atoms with van der Waals surface area (Å²) in [6, 6.07) is 11.2. The molecule has 1 fully saturated rings. The molecule has 2 aromatic rings. The largest absolute Gasteiger partial charge is 0.350 e. The van der Waals surface area contributed by atoms with Gasteiger partial charge in [-0.05, 0) is 49.2 Å². The van der Waals surface area contributed by atoms with Gasteiger partial charge in [0.05, 0.1) is 0 Å². The molecule has 0 atom stereocenters. The Labute approximate surface area is 200 Å². The van der Waals surface area contributed by atoms with Crippen molar-refractivity contribution in [2.45, 2.75) is 38.1 Å². The highest BCUT2D eigenvalue weighted by atomic mass is 35.5. The summed E-state index contributed by atoms with van der Waals surface area (Å²) in [6.07, 6.45) is 4.65. The van der Waals surface area contributed by atoms with Crippen LogP contribution in [-0.2, 0) is 9.59 Å². The number of rotatable bonds is 5. The Balaban J connectivity index is 1.50. The summed E-state index contributed by atoms with van der Waals surface area (Å²) >= 11 is 18.2. The minimum absolute atomic E-state index is 0.0291. The first-order valence-corrected chi connectivity index (χ1v) is 11.4. The molecule has 166 valence electrons. The molecule has 6 nitrogen and oxygen atoms in total. The average molecular weight is 493 g/mol. The first-order chi connectivity index (χ1) is 15.3. The molecule has 1 heterocycles. The predicted molar refractivity (Wildman–Crippen MR) is 126 cm³/mol. The molecule has 0 radical (unpaired) electrons. The summed E-state index contributed by atoms with van der Waals surface area (Å²) in [5, 5.41) is 6.33. The minimum atomic E-state index is -0.474. The third-order valence-electron chi connectivity index (χ3n) is 5.51. The third kappa shape index (κ3) is 4.77. The Morgan fingerprint density at radius 3 is 2.25 bits per heavy atom. The zero-order chi connectivity index (χ0) is 22.8. The first kappa shape index (κ1) is 22.6. The Kier molecular flexibility index (Phi) is 6.74. The molecule has 0 aromatic heterocycles. The molecule has 2 N–H and O–H groups in total. The van der Waals surface area contributed by atoms with Crippen molar-refractivity contribution in [1.82, 2.24) is 4.90 Å². The average Bonchev–Trinajstić information content (AvgIpc) is 2.97. The standard InChI is InChI=1S/C23H20Cl3N3O3/c24-14-10-15(25)12-17(11-14)28-21(30)13-5-4-6-16(9-13)27-20-19(26)22(31)29(23(20)32)18-7-2-1-3-8-18/h4-6,9-12,18,27H,1-3,7-8H2,(H,28,30). The minimum Gasteiger partial charge on any atom is -0.350 e. The van der Waals surface area contributed by atoms with E-state index in [0.29, 0.717) is 27.0 Å². The molecule has 2 aromatic carbocycles. The van der Waals surface area contributed by atoms with Crippen LogP contribution in [-0.4, -0.2) is 28.7 Å². The van der Waals surface area contributed by atoms with Crippen LogP contribution in [0.15, 0.2) is 53.2 Å². The number of hydrogen-bond acceptors (Lipinski definition) is 4. The van der Waals surface area contributed by atoms with E-state index in [-0.39, 0.29) is 22.7 Å². The van der Waals surface area contributed by atoms with Gasteiger partial charge in [0, 0.05) is 33.0 Å². The summed E-state index contributed by atoms with van der Waals surface area (Å²) in [5.74, 6) is -1.29. The van der Waals surface area contributed by atoms with Crippen molar-refractivity contribution in [3.63, 3.8) is 0 Å². The lowest BCUT2D eigenvalue weighted by Gasteiger charge is -2.29. The Hall–Kier alpha value is -2.54. The highest BCUT2D eigenvalue weighted by Crippen LogP contribution is 2.32. The number of nitrogens with zero attached hydrogens (tertiary/aromatic N) is 1. The van der Waals surface area contributed by atoms with Gasteiger partial charge in [-0.15, -0.1) is 0 Å². The number of imide groups is 1. The van der Waals surface area contributed by atoms with Crippen LogP contribution < -0.4 is 10.6 Å². The molecule has 1 aliphatic carbocycles. The summed E-state index contributed by atoms with van der Waals surface area (Å²) < 4.78 is 0. The number of carbonyl (C=O) groups is 3. The highest BCUT2D eigenvalue weighted by Gasteiger charge is 2.42. The van der Waals surface area contributed by atoms with Gasteiger partial charge in [0.25, 0.3) is 17.7 Å². The lowest BCUT2D eigenvalue weighted by atomic mass is 9.94. The first-order valence-electron chi connectivity index (χ1n) is 10.3. The monoisotopic (exact) mass is 491 g/mol. The zero-order valence-corrected chi connectivity index (χ0v) is 19.2. The second kappa shape index (κ2) is 9.53. The van der Waals surface area contributed by atoms with Crippen LogP contribution in [0.2, 0.25) is 10.0 Å². The number of hydrogen-bond donors (Lipinski definition) is 2. The second-order valence-electron chi connectivity index (χ2n) is 7.78. The fraction of sp³-hybridized carbons (Fsp3) is 0.261. The number of benzene rings is 2. The molecule has 4 rings (SSSR count). The van der Waals surface area contributed by atoms with Gasteiger partial charge in [-0.2, -0.15) is 0 Å². The van der Waals surface area contributed by atoms with E-state index >= 15 is 0 Å². The number of amides is 3. The smallest absolute Gasteiger partial charge is 0.279 e. The molecular formula is C23H20Cl3N3O3. The van der Waals surface area contributed by atoms with Crippen molar-refractivity contribution < 1.29 is 14.4 Å². The van der Waals surface area contributed by atoms with E-state index < -0.39 is 11.8 Å². The zero-order valence-electron chi connectivity index (χ0n) is 17.0. The van der Waals surface area contributed by atoms with Gasteiger partial charge >= 0.3 is 0 Å². The van der Waals surface area contributed by atoms with Gasteiger partial charge in [-0.25, -0.2) is 0 Å². The second-order valence-corrected chi connectivity index (χ2v) is 9.03. The lowest BCUT2D eigenvalue weighted by molar-refractivity contribution is -0.140.